The Hall–Kier alpha value is -2.36. The normalized spacial score (nSPS) is 21.0. The highest BCUT2D eigenvalue weighted by atomic mass is 16.2. The molecular formula is C16H20N4O3. The molecule has 122 valence electrons. The Morgan fingerprint density at radius 2 is 2.04 bits per heavy atom. The highest BCUT2D eigenvalue weighted by Gasteiger charge is 2.29. The molecule has 2 aliphatic rings. The Labute approximate surface area is 133 Å². The van der Waals surface area contributed by atoms with Gasteiger partial charge in [0.1, 0.15) is 18.2 Å². The van der Waals surface area contributed by atoms with E-state index < -0.39 is 11.2 Å². The molecule has 0 bridgehead atoms. The van der Waals surface area contributed by atoms with Crippen molar-refractivity contribution in [3.63, 3.8) is 0 Å². The molecule has 0 aromatic carbocycles. The van der Waals surface area contributed by atoms with Gasteiger partial charge in [0.2, 0.25) is 5.91 Å². The van der Waals surface area contributed by atoms with Gasteiger partial charge in [0.15, 0.2) is 0 Å². The molecule has 0 radical (unpaired) electrons. The van der Waals surface area contributed by atoms with Crippen molar-refractivity contribution in [1.29, 1.82) is 5.26 Å². The maximum absolute atomic E-state index is 12.5. The predicted molar refractivity (Wildman–Crippen MR) is 83.0 cm³/mol. The van der Waals surface area contributed by atoms with Gasteiger partial charge in [-0.2, -0.15) is 5.26 Å². The van der Waals surface area contributed by atoms with Gasteiger partial charge < -0.3 is 4.90 Å². The standard InChI is InChI=1S/C16H20N4O3/c1-11-4-2-3-7-18(11)14(21)10-20-15(22)12(8-17)9-19(16(20)23)13-5-6-13/h9,11,13H,2-7,10H2,1H3. The lowest BCUT2D eigenvalue weighted by Gasteiger charge is -2.33. The summed E-state index contributed by atoms with van der Waals surface area (Å²) in [6.07, 6.45) is 6.01. The number of aromatic nitrogens is 2. The lowest BCUT2D eigenvalue weighted by Crippen LogP contribution is -2.48. The molecule has 1 aromatic heterocycles. The molecule has 7 heteroatoms. The van der Waals surface area contributed by atoms with Gasteiger partial charge in [-0.1, -0.05) is 0 Å². The lowest BCUT2D eigenvalue weighted by molar-refractivity contribution is -0.135. The molecule has 1 saturated carbocycles. The summed E-state index contributed by atoms with van der Waals surface area (Å²) in [6.45, 7) is 2.35. The SMILES string of the molecule is CC1CCCCN1C(=O)Cn1c(=O)c(C#N)cn(C2CC2)c1=O. The van der Waals surface area contributed by atoms with Crippen molar-refractivity contribution in [3.8, 4) is 6.07 Å². The molecule has 2 fully saturated rings. The van der Waals surface area contributed by atoms with E-state index in [1.54, 1.807) is 4.90 Å². The van der Waals surface area contributed by atoms with Gasteiger partial charge in [-0.05, 0) is 39.0 Å². The molecule has 23 heavy (non-hydrogen) atoms. The zero-order chi connectivity index (χ0) is 16.6. The Bertz CT molecular complexity index is 782. The lowest BCUT2D eigenvalue weighted by atomic mass is 10.0. The van der Waals surface area contributed by atoms with Crippen molar-refractivity contribution in [2.45, 2.75) is 57.7 Å². The number of amides is 1. The zero-order valence-corrected chi connectivity index (χ0v) is 13.2. The van der Waals surface area contributed by atoms with Crippen LogP contribution in [0.1, 0.15) is 50.6 Å². The number of hydrogen-bond acceptors (Lipinski definition) is 4. The molecule has 1 aliphatic carbocycles. The molecule has 7 nitrogen and oxygen atoms in total. The number of nitriles is 1. The van der Waals surface area contributed by atoms with Crippen molar-refractivity contribution in [2.75, 3.05) is 6.54 Å². The van der Waals surface area contributed by atoms with Crippen LogP contribution in [0, 0.1) is 11.3 Å². The number of likely N-dealkylation sites (tertiary alicyclic amines) is 1. The van der Waals surface area contributed by atoms with Gasteiger partial charge in [0, 0.05) is 24.8 Å². The van der Waals surface area contributed by atoms with Crippen LogP contribution in [0.3, 0.4) is 0 Å². The minimum absolute atomic E-state index is 0.0467. The van der Waals surface area contributed by atoms with Crippen LogP contribution < -0.4 is 11.2 Å². The summed E-state index contributed by atoms with van der Waals surface area (Å²) in [6, 6.07) is 2.00. The molecule has 1 aromatic rings. The number of nitrogens with zero attached hydrogens (tertiary/aromatic N) is 4. The fourth-order valence-electron chi connectivity index (χ4n) is 3.15. The predicted octanol–water partition coefficient (Wildman–Crippen LogP) is 0.618. The second-order valence-corrected chi connectivity index (χ2v) is 6.40. The van der Waals surface area contributed by atoms with Crippen LogP contribution in [0.5, 0.6) is 0 Å². The Morgan fingerprint density at radius 3 is 2.65 bits per heavy atom. The second-order valence-electron chi connectivity index (χ2n) is 6.40. The Balaban J connectivity index is 1.94. The van der Waals surface area contributed by atoms with Gasteiger partial charge in [-0.3, -0.25) is 14.2 Å². The Morgan fingerprint density at radius 1 is 1.30 bits per heavy atom. The molecule has 1 aliphatic heterocycles. The maximum atomic E-state index is 12.5. The van der Waals surface area contributed by atoms with Gasteiger partial charge in [0.05, 0.1) is 0 Å². The third kappa shape index (κ3) is 2.93. The molecule has 3 rings (SSSR count). The van der Waals surface area contributed by atoms with Crippen LogP contribution in [0.4, 0.5) is 0 Å². The molecule has 0 N–H and O–H groups in total. The number of hydrogen-bond donors (Lipinski definition) is 0. The van der Waals surface area contributed by atoms with Crippen molar-refractivity contribution >= 4 is 5.91 Å². The average molecular weight is 316 g/mol. The average Bonchev–Trinajstić information content (AvgIpc) is 3.36. The van der Waals surface area contributed by atoms with Crippen LogP contribution in [0.15, 0.2) is 15.8 Å². The Kier molecular flexibility index (Phi) is 4.07. The summed E-state index contributed by atoms with van der Waals surface area (Å²) in [7, 11) is 0. The van der Waals surface area contributed by atoms with Crippen molar-refractivity contribution in [2.24, 2.45) is 0 Å². The molecule has 1 atom stereocenters. The van der Waals surface area contributed by atoms with Crippen LogP contribution in [-0.4, -0.2) is 32.5 Å². The summed E-state index contributed by atoms with van der Waals surface area (Å²) >= 11 is 0. The number of piperidine rings is 1. The van der Waals surface area contributed by atoms with E-state index in [9.17, 15) is 14.4 Å². The van der Waals surface area contributed by atoms with Crippen molar-refractivity contribution in [1.82, 2.24) is 14.0 Å². The van der Waals surface area contributed by atoms with E-state index in [4.69, 9.17) is 5.26 Å². The monoisotopic (exact) mass is 316 g/mol. The quantitative estimate of drug-likeness (QED) is 0.817. The van der Waals surface area contributed by atoms with E-state index in [1.165, 1.54) is 10.8 Å². The highest BCUT2D eigenvalue weighted by Crippen LogP contribution is 2.33. The first-order valence-electron chi connectivity index (χ1n) is 8.08. The fourth-order valence-corrected chi connectivity index (χ4v) is 3.15. The van der Waals surface area contributed by atoms with Crippen LogP contribution >= 0.6 is 0 Å². The smallest absolute Gasteiger partial charge is 0.331 e. The first-order chi connectivity index (χ1) is 11.0. The third-order valence-corrected chi connectivity index (χ3v) is 4.67. The van der Waals surface area contributed by atoms with E-state index in [2.05, 4.69) is 0 Å². The first-order valence-corrected chi connectivity index (χ1v) is 8.08. The third-order valence-electron chi connectivity index (χ3n) is 4.67. The van der Waals surface area contributed by atoms with Gasteiger partial charge in [0.25, 0.3) is 5.56 Å². The van der Waals surface area contributed by atoms with Crippen LogP contribution in [0.25, 0.3) is 0 Å². The van der Waals surface area contributed by atoms with Gasteiger partial charge in [-0.25, -0.2) is 9.36 Å². The largest absolute Gasteiger partial charge is 0.338 e. The summed E-state index contributed by atoms with van der Waals surface area (Å²) in [5.74, 6) is -0.228. The second kappa shape index (κ2) is 6.03. The minimum atomic E-state index is -0.674. The zero-order valence-electron chi connectivity index (χ0n) is 13.2. The topological polar surface area (TPSA) is 88.1 Å². The maximum Gasteiger partial charge on any atom is 0.331 e. The molecule has 0 spiro atoms. The molecule has 2 heterocycles. The van der Waals surface area contributed by atoms with Crippen LogP contribution in [0.2, 0.25) is 0 Å². The summed E-state index contributed by atoms with van der Waals surface area (Å²) in [5, 5.41) is 9.11. The summed E-state index contributed by atoms with van der Waals surface area (Å²) in [5.41, 5.74) is -1.25. The van der Waals surface area contributed by atoms with E-state index in [1.807, 2.05) is 13.0 Å². The van der Waals surface area contributed by atoms with Gasteiger partial charge in [-0.15, -0.1) is 0 Å². The van der Waals surface area contributed by atoms with Crippen LogP contribution in [-0.2, 0) is 11.3 Å². The molecule has 1 saturated heterocycles. The number of carbonyl (C=O) groups is 1. The first kappa shape index (κ1) is 15.5. The summed E-state index contributed by atoms with van der Waals surface area (Å²) < 4.78 is 2.34. The number of rotatable bonds is 3. The molecule has 1 unspecified atom stereocenters. The van der Waals surface area contributed by atoms with E-state index >= 15 is 0 Å². The van der Waals surface area contributed by atoms with E-state index in [-0.39, 0.29) is 30.1 Å². The number of carbonyl (C=O) groups excluding carboxylic acids is 1. The molecular weight excluding hydrogens is 296 g/mol. The van der Waals surface area contributed by atoms with Gasteiger partial charge >= 0.3 is 5.69 Å². The highest BCUT2D eigenvalue weighted by molar-refractivity contribution is 5.76. The molecule has 1 amide bonds. The van der Waals surface area contributed by atoms with Crippen molar-refractivity contribution < 1.29 is 4.79 Å². The van der Waals surface area contributed by atoms with E-state index in [0.29, 0.717) is 6.54 Å². The van der Waals surface area contributed by atoms with Crippen molar-refractivity contribution in [3.05, 3.63) is 32.6 Å². The van der Waals surface area contributed by atoms with E-state index in [0.717, 1.165) is 36.7 Å². The minimum Gasteiger partial charge on any atom is -0.338 e. The summed E-state index contributed by atoms with van der Waals surface area (Å²) in [4.78, 5) is 39.0. The fraction of sp³-hybridized carbons (Fsp3) is 0.625.